The van der Waals surface area contributed by atoms with Crippen molar-refractivity contribution in [3.05, 3.63) is 16.7 Å². The Balaban J connectivity index is 3.12. The van der Waals surface area contributed by atoms with E-state index in [2.05, 4.69) is 31.0 Å². The number of sulfonamides is 1. The van der Waals surface area contributed by atoms with Crippen molar-refractivity contribution in [2.24, 2.45) is 0 Å². The van der Waals surface area contributed by atoms with Crippen molar-refractivity contribution in [3.63, 3.8) is 0 Å². The molecule has 0 saturated heterocycles. The molecule has 1 heterocycles. The maximum atomic E-state index is 12.3. The fraction of sp³-hybridized carbons (Fsp3) is 0.583. The van der Waals surface area contributed by atoms with E-state index in [0.29, 0.717) is 16.8 Å². The van der Waals surface area contributed by atoms with Gasteiger partial charge in [-0.2, -0.15) is 0 Å². The molecular weight excluding hydrogens is 330 g/mol. The molecule has 0 aliphatic rings. The molecule has 0 amide bonds. The molecule has 7 heteroatoms. The molecule has 0 fully saturated rings. The molecule has 19 heavy (non-hydrogen) atoms. The first-order valence-electron chi connectivity index (χ1n) is 6.32. The Bertz CT molecular complexity index is 520. The predicted octanol–water partition coefficient (Wildman–Crippen LogP) is 2.74. The summed E-state index contributed by atoms with van der Waals surface area (Å²) in [6, 6.07) is 1.46. The van der Waals surface area contributed by atoms with Crippen molar-refractivity contribution >= 4 is 31.8 Å². The number of nitrogens with one attached hydrogen (secondary N) is 2. The summed E-state index contributed by atoms with van der Waals surface area (Å²) in [5.74, 6) is 0.390. The number of rotatable bonds is 7. The minimum atomic E-state index is -3.56. The first-order chi connectivity index (χ1) is 8.90. The summed E-state index contributed by atoms with van der Waals surface area (Å²) in [5.41, 5.74) is 0. The average molecular weight is 350 g/mol. The van der Waals surface area contributed by atoms with Crippen LogP contribution < -0.4 is 10.0 Å². The van der Waals surface area contributed by atoms with Gasteiger partial charge < -0.3 is 5.32 Å². The smallest absolute Gasteiger partial charge is 0.244 e. The molecule has 1 aromatic heterocycles. The molecule has 1 atom stereocenters. The topological polar surface area (TPSA) is 71.1 Å². The third kappa shape index (κ3) is 4.74. The second kappa shape index (κ2) is 7.21. The molecule has 0 aromatic carbocycles. The Kier molecular flexibility index (Phi) is 6.22. The van der Waals surface area contributed by atoms with Gasteiger partial charge in [-0.25, -0.2) is 18.1 Å². The minimum absolute atomic E-state index is 0.108. The molecule has 0 spiro atoms. The normalized spacial score (nSPS) is 13.3. The van der Waals surface area contributed by atoms with Crippen molar-refractivity contribution in [3.8, 4) is 0 Å². The van der Waals surface area contributed by atoms with Crippen molar-refractivity contribution in [2.45, 2.75) is 44.6 Å². The molecule has 1 unspecified atom stereocenters. The number of halogens is 1. The van der Waals surface area contributed by atoms with Crippen LogP contribution in [0.1, 0.15) is 33.6 Å². The second-order valence-electron chi connectivity index (χ2n) is 4.36. The minimum Gasteiger partial charge on any atom is -0.369 e. The van der Waals surface area contributed by atoms with E-state index in [9.17, 15) is 8.42 Å². The van der Waals surface area contributed by atoms with Gasteiger partial charge in [0.15, 0.2) is 0 Å². The summed E-state index contributed by atoms with van der Waals surface area (Å²) in [4.78, 5) is 4.31. The predicted molar refractivity (Wildman–Crippen MR) is 80.8 cm³/mol. The zero-order chi connectivity index (χ0) is 14.5. The Morgan fingerprint density at radius 2 is 2.11 bits per heavy atom. The van der Waals surface area contributed by atoms with E-state index >= 15 is 0 Å². The summed E-state index contributed by atoms with van der Waals surface area (Å²) < 4.78 is 27.9. The average Bonchev–Trinajstić information content (AvgIpc) is 2.36. The van der Waals surface area contributed by atoms with Crippen LogP contribution in [-0.4, -0.2) is 26.0 Å². The number of hydrogen-bond acceptors (Lipinski definition) is 4. The molecule has 5 nitrogen and oxygen atoms in total. The van der Waals surface area contributed by atoms with Gasteiger partial charge in [0.25, 0.3) is 0 Å². The third-order valence-corrected chi connectivity index (χ3v) is 4.66. The number of anilines is 1. The Labute approximate surface area is 123 Å². The lowest BCUT2D eigenvalue weighted by molar-refractivity contribution is 0.555. The monoisotopic (exact) mass is 349 g/mol. The van der Waals surface area contributed by atoms with Gasteiger partial charge in [0.1, 0.15) is 10.7 Å². The van der Waals surface area contributed by atoms with E-state index in [1.54, 1.807) is 12.3 Å². The molecule has 0 saturated carbocycles. The lowest BCUT2D eigenvalue weighted by atomic mass is 10.3. The van der Waals surface area contributed by atoms with Gasteiger partial charge in [0.2, 0.25) is 10.0 Å². The molecule has 0 aliphatic carbocycles. The maximum Gasteiger partial charge on any atom is 0.244 e. The highest BCUT2D eigenvalue weighted by atomic mass is 79.9. The summed E-state index contributed by atoms with van der Waals surface area (Å²) >= 11 is 3.26. The van der Waals surface area contributed by atoms with Crippen molar-refractivity contribution in [2.75, 3.05) is 11.9 Å². The zero-order valence-corrected chi connectivity index (χ0v) is 13.8. The van der Waals surface area contributed by atoms with E-state index in [-0.39, 0.29) is 10.9 Å². The number of hydrogen-bond donors (Lipinski definition) is 2. The van der Waals surface area contributed by atoms with E-state index in [4.69, 9.17) is 0 Å². The molecule has 0 aliphatic heterocycles. The maximum absolute atomic E-state index is 12.3. The fourth-order valence-corrected chi connectivity index (χ4v) is 3.38. The SMILES string of the molecule is CCCNc1ncc(Br)cc1S(=O)(=O)NC(C)CC. The van der Waals surface area contributed by atoms with Crippen LogP contribution in [0.4, 0.5) is 5.82 Å². The van der Waals surface area contributed by atoms with Crippen molar-refractivity contribution in [1.29, 1.82) is 0 Å². The van der Waals surface area contributed by atoms with Crippen LogP contribution >= 0.6 is 15.9 Å². The van der Waals surface area contributed by atoms with Crippen molar-refractivity contribution < 1.29 is 8.42 Å². The zero-order valence-electron chi connectivity index (χ0n) is 11.4. The third-order valence-electron chi connectivity index (χ3n) is 2.62. The Morgan fingerprint density at radius 1 is 1.42 bits per heavy atom. The first-order valence-corrected chi connectivity index (χ1v) is 8.60. The van der Waals surface area contributed by atoms with Gasteiger partial charge in [-0.05, 0) is 41.8 Å². The van der Waals surface area contributed by atoms with E-state index in [1.165, 1.54) is 0 Å². The summed E-state index contributed by atoms with van der Waals surface area (Å²) in [6.45, 7) is 6.46. The number of aromatic nitrogens is 1. The van der Waals surface area contributed by atoms with Gasteiger partial charge in [-0.15, -0.1) is 0 Å². The highest BCUT2D eigenvalue weighted by molar-refractivity contribution is 9.10. The first kappa shape index (κ1) is 16.4. The summed E-state index contributed by atoms with van der Waals surface area (Å²) in [7, 11) is -3.56. The summed E-state index contributed by atoms with van der Waals surface area (Å²) in [5, 5.41) is 3.04. The van der Waals surface area contributed by atoms with E-state index in [0.717, 1.165) is 12.8 Å². The molecule has 108 valence electrons. The van der Waals surface area contributed by atoms with Gasteiger partial charge in [-0.3, -0.25) is 0 Å². The second-order valence-corrected chi connectivity index (χ2v) is 6.96. The highest BCUT2D eigenvalue weighted by Crippen LogP contribution is 2.23. The van der Waals surface area contributed by atoms with Gasteiger partial charge >= 0.3 is 0 Å². The quantitative estimate of drug-likeness (QED) is 0.793. The lowest BCUT2D eigenvalue weighted by Crippen LogP contribution is -2.32. The Hall–Kier alpha value is -0.660. The van der Waals surface area contributed by atoms with Crippen LogP contribution in [0.25, 0.3) is 0 Å². The van der Waals surface area contributed by atoms with Crippen LogP contribution in [0.3, 0.4) is 0 Å². The highest BCUT2D eigenvalue weighted by Gasteiger charge is 2.21. The van der Waals surface area contributed by atoms with Crippen LogP contribution in [0, 0.1) is 0 Å². The van der Waals surface area contributed by atoms with E-state index in [1.807, 2.05) is 20.8 Å². The van der Waals surface area contributed by atoms with Gasteiger partial charge in [0.05, 0.1) is 0 Å². The molecular formula is C12H20BrN3O2S. The van der Waals surface area contributed by atoms with Crippen LogP contribution in [0.2, 0.25) is 0 Å². The number of pyridine rings is 1. The molecule has 1 aromatic rings. The van der Waals surface area contributed by atoms with Gasteiger partial charge in [0, 0.05) is 23.3 Å². The molecule has 2 N–H and O–H groups in total. The van der Waals surface area contributed by atoms with Crippen LogP contribution in [-0.2, 0) is 10.0 Å². The number of nitrogens with zero attached hydrogens (tertiary/aromatic N) is 1. The molecule has 0 bridgehead atoms. The van der Waals surface area contributed by atoms with Crippen molar-refractivity contribution in [1.82, 2.24) is 9.71 Å². The lowest BCUT2D eigenvalue weighted by Gasteiger charge is -2.15. The van der Waals surface area contributed by atoms with Crippen LogP contribution in [0.5, 0.6) is 0 Å². The largest absolute Gasteiger partial charge is 0.369 e. The summed E-state index contributed by atoms with van der Waals surface area (Å²) in [6.07, 6.45) is 3.22. The molecule has 1 rings (SSSR count). The standard InChI is InChI=1S/C12H20BrN3O2S/c1-4-6-14-12-11(7-10(13)8-15-12)19(17,18)16-9(3)5-2/h7-9,16H,4-6H2,1-3H3,(H,14,15). The Morgan fingerprint density at radius 3 is 2.68 bits per heavy atom. The molecule has 0 radical (unpaired) electrons. The fourth-order valence-electron chi connectivity index (χ4n) is 1.41. The van der Waals surface area contributed by atoms with E-state index < -0.39 is 10.0 Å². The van der Waals surface area contributed by atoms with Crippen LogP contribution in [0.15, 0.2) is 21.6 Å². The van der Waals surface area contributed by atoms with Gasteiger partial charge in [-0.1, -0.05) is 13.8 Å².